The van der Waals surface area contributed by atoms with Crippen LogP contribution in [0, 0.1) is 0 Å². The van der Waals surface area contributed by atoms with Crippen LogP contribution in [0.5, 0.6) is 0 Å². The predicted molar refractivity (Wildman–Crippen MR) is 61.8 cm³/mol. The van der Waals surface area contributed by atoms with E-state index in [4.69, 9.17) is 5.11 Å². The Hall–Kier alpha value is -1.65. The van der Waals surface area contributed by atoms with Gasteiger partial charge in [0.05, 0.1) is 5.56 Å². The number of aromatic carboxylic acids is 1. The molecular weight excluding hydrogens is 224 g/mol. The van der Waals surface area contributed by atoms with Crippen LogP contribution in [-0.2, 0) is 0 Å². The van der Waals surface area contributed by atoms with Crippen LogP contribution in [0.3, 0.4) is 0 Å². The first-order valence-corrected chi connectivity index (χ1v) is 5.62. The van der Waals surface area contributed by atoms with E-state index in [2.05, 4.69) is 0 Å². The third-order valence-electron chi connectivity index (χ3n) is 2.30. The minimum Gasteiger partial charge on any atom is -0.478 e. The molecule has 1 aromatic carbocycles. The van der Waals surface area contributed by atoms with Crippen molar-refractivity contribution < 1.29 is 15.0 Å². The number of thiophene rings is 1. The van der Waals surface area contributed by atoms with Gasteiger partial charge in [-0.3, -0.25) is 0 Å². The predicted octanol–water partition coefficient (Wildman–Crippen LogP) is 2.53. The van der Waals surface area contributed by atoms with E-state index < -0.39 is 12.1 Å². The number of carboxylic acid groups (broad SMARTS) is 1. The summed E-state index contributed by atoms with van der Waals surface area (Å²) in [7, 11) is 0. The molecule has 4 heteroatoms. The van der Waals surface area contributed by atoms with E-state index in [0.29, 0.717) is 5.56 Å². The molecule has 16 heavy (non-hydrogen) atoms. The molecule has 1 unspecified atom stereocenters. The maximum Gasteiger partial charge on any atom is 0.336 e. The van der Waals surface area contributed by atoms with Gasteiger partial charge < -0.3 is 10.2 Å². The highest BCUT2D eigenvalue weighted by Crippen LogP contribution is 2.27. The van der Waals surface area contributed by atoms with E-state index in [1.807, 2.05) is 11.4 Å². The smallest absolute Gasteiger partial charge is 0.336 e. The van der Waals surface area contributed by atoms with Crippen molar-refractivity contribution in [3.05, 3.63) is 57.8 Å². The van der Waals surface area contributed by atoms with Gasteiger partial charge in [-0.15, -0.1) is 11.3 Å². The second-order valence-corrected chi connectivity index (χ2v) is 4.29. The quantitative estimate of drug-likeness (QED) is 0.858. The van der Waals surface area contributed by atoms with Crippen LogP contribution in [0.2, 0.25) is 0 Å². The monoisotopic (exact) mass is 234 g/mol. The average molecular weight is 234 g/mol. The molecule has 0 saturated heterocycles. The van der Waals surface area contributed by atoms with Crippen molar-refractivity contribution in [2.45, 2.75) is 6.10 Å². The summed E-state index contributed by atoms with van der Waals surface area (Å²) in [6.07, 6.45) is -0.868. The van der Waals surface area contributed by atoms with Crippen molar-refractivity contribution in [1.82, 2.24) is 0 Å². The molecule has 82 valence electrons. The van der Waals surface area contributed by atoms with Crippen LogP contribution in [0.4, 0.5) is 0 Å². The molecule has 1 heterocycles. The third-order valence-corrected chi connectivity index (χ3v) is 3.22. The zero-order chi connectivity index (χ0) is 11.5. The van der Waals surface area contributed by atoms with Crippen molar-refractivity contribution in [2.24, 2.45) is 0 Å². The summed E-state index contributed by atoms with van der Waals surface area (Å²) in [5.41, 5.74) is 0.570. The van der Waals surface area contributed by atoms with E-state index in [1.54, 1.807) is 24.3 Å². The minimum absolute atomic E-state index is 0.142. The fraction of sp³-hybridized carbons (Fsp3) is 0.0833. The van der Waals surface area contributed by atoms with Crippen molar-refractivity contribution in [2.75, 3.05) is 0 Å². The molecule has 0 aliphatic rings. The molecule has 0 fully saturated rings. The van der Waals surface area contributed by atoms with Crippen molar-refractivity contribution in [3.8, 4) is 0 Å². The van der Waals surface area contributed by atoms with Crippen molar-refractivity contribution in [1.29, 1.82) is 0 Å². The molecule has 1 aromatic heterocycles. The lowest BCUT2D eigenvalue weighted by molar-refractivity contribution is 0.0691. The first kappa shape index (κ1) is 10.9. The number of aliphatic hydroxyl groups is 1. The number of hydrogen-bond donors (Lipinski definition) is 2. The Balaban J connectivity index is 2.44. The second-order valence-electron chi connectivity index (χ2n) is 3.31. The van der Waals surface area contributed by atoms with Gasteiger partial charge in [-0.1, -0.05) is 24.3 Å². The molecule has 0 amide bonds. The summed E-state index contributed by atoms with van der Waals surface area (Å²) in [4.78, 5) is 11.7. The minimum atomic E-state index is -1.02. The fourth-order valence-electron chi connectivity index (χ4n) is 1.53. The van der Waals surface area contributed by atoms with Gasteiger partial charge in [-0.05, 0) is 17.5 Å². The van der Waals surface area contributed by atoms with Gasteiger partial charge in [-0.2, -0.15) is 0 Å². The third kappa shape index (κ3) is 1.98. The Labute approximate surface area is 96.6 Å². The highest BCUT2D eigenvalue weighted by Gasteiger charge is 2.18. The molecule has 2 N–H and O–H groups in total. The topological polar surface area (TPSA) is 57.5 Å². The highest BCUT2D eigenvalue weighted by atomic mass is 32.1. The Bertz CT molecular complexity index is 491. The summed E-state index contributed by atoms with van der Waals surface area (Å²) >= 11 is 1.40. The van der Waals surface area contributed by atoms with Gasteiger partial charge >= 0.3 is 5.97 Å². The van der Waals surface area contributed by atoms with Crippen molar-refractivity contribution in [3.63, 3.8) is 0 Å². The van der Waals surface area contributed by atoms with Crippen LogP contribution in [0.15, 0.2) is 41.8 Å². The Morgan fingerprint density at radius 3 is 2.56 bits per heavy atom. The zero-order valence-corrected chi connectivity index (χ0v) is 9.15. The highest BCUT2D eigenvalue weighted by molar-refractivity contribution is 7.10. The largest absolute Gasteiger partial charge is 0.478 e. The van der Waals surface area contributed by atoms with Crippen LogP contribution >= 0.6 is 11.3 Å². The number of aliphatic hydroxyl groups excluding tert-OH is 1. The van der Waals surface area contributed by atoms with Gasteiger partial charge in [-0.25, -0.2) is 4.79 Å². The van der Waals surface area contributed by atoms with Gasteiger partial charge in [0.1, 0.15) is 6.10 Å². The van der Waals surface area contributed by atoms with Gasteiger partial charge in [0.2, 0.25) is 0 Å². The molecule has 0 aliphatic heterocycles. The van der Waals surface area contributed by atoms with Crippen LogP contribution < -0.4 is 0 Å². The first-order valence-electron chi connectivity index (χ1n) is 4.74. The normalized spacial score (nSPS) is 12.3. The van der Waals surface area contributed by atoms with Gasteiger partial charge in [0.15, 0.2) is 0 Å². The van der Waals surface area contributed by atoms with E-state index in [1.165, 1.54) is 17.4 Å². The maximum atomic E-state index is 11.0. The molecule has 2 rings (SSSR count). The van der Waals surface area contributed by atoms with Gasteiger partial charge in [0, 0.05) is 10.4 Å². The summed E-state index contributed by atoms with van der Waals surface area (Å²) in [5.74, 6) is -1.02. The summed E-state index contributed by atoms with van der Waals surface area (Å²) in [6.45, 7) is 0. The number of rotatable bonds is 3. The van der Waals surface area contributed by atoms with E-state index in [0.717, 1.165) is 4.88 Å². The van der Waals surface area contributed by atoms with E-state index >= 15 is 0 Å². The van der Waals surface area contributed by atoms with Gasteiger partial charge in [0.25, 0.3) is 0 Å². The average Bonchev–Trinajstić information content (AvgIpc) is 2.81. The molecule has 0 spiro atoms. The SMILES string of the molecule is O=C(O)c1ccccc1C(O)c1cccs1. The molecule has 3 nitrogen and oxygen atoms in total. The Morgan fingerprint density at radius 2 is 1.94 bits per heavy atom. The zero-order valence-electron chi connectivity index (χ0n) is 8.33. The molecule has 0 saturated carbocycles. The molecular formula is C12H10O3S. The maximum absolute atomic E-state index is 11.0. The lowest BCUT2D eigenvalue weighted by Crippen LogP contribution is -2.06. The summed E-state index contributed by atoms with van der Waals surface area (Å²) in [5, 5.41) is 20.9. The van der Waals surface area contributed by atoms with Crippen LogP contribution in [-0.4, -0.2) is 16.2 Å². The standard InChI is InChI=1S/C12H10O3S/c13-11(10-6-3-7-16-10)8-4-1-2-5-9(8)12(14)15/h1-7,11,13H,(H,14,15). The molecule has 0 bridgehead atoms. The number of benzene rings is 1. The molecule has 0 aliphatic carbocycles. The summed E-state index contributed by atoms with van der Waals surface area (Å²) < 4.78 is 0. The van der Waals surface area contributed by atoms with E-state index in [9.17, 15) is 9.90 Å². The lowest BCUT2D eigenvalue weighted by Gasteiger charge is -2.11. The molecule has 1 atom stereocenters. The lowest BCUT2D eigenvalue weighted by atomic mass is 10.0. The number of hydrogen-bond acceptors (Lipinski definition) is 3. The first-order chi connectivity index (χ1) is 7.70. The van der Waals surface area contributed by atoms with Crippen LogP contribution in [0.25, 0.3) is 0 Å². The summed E-state index contributed by atoms with van der Waals surface area (Å²) in [6, 6.07) is 10.1. The number of carboxylic acids is 1. The molecule has 2 aromatic rings. The Kier molecular flexibility index (Phi) is 3.03. The van der Waals surface area contributed by atoms with Crippen LogP contribution in [0.1, 0.15) is 26.9 Å². The number of carbonyl (C=O) groups is 1. The fourth-order valence-corrected chi connectivity index (χ4v) is 2.26. The van der Waals surface area contributed by atoms with Crippen molar-refractivity contribution >= 4 is 17.3 Å². The van der Waals surface area contributed by atoms with E-state index in [-0.39, 0.29) is 5.56 Å². The Morgan fingerprint density at radius 1 is 1.19 bits per heavy atom. The second kappa shape index (κ2) is 4.47. The molecule has 0 radical (unpaired) electrons.